The third-order valence-electron chi connectivity index (χ3n) is 3.39. The molecule has 1 fully saturated rings. The highest BCUT2D eigenvalue weighted by atomic mass is 79.9. The van der Waals surface area contributed by atoms with E-state index in [1.54, 1.807) is 6.08 Å². The molecule has 1 aromatic rings. The van der Waals surface area contributed by atoms with E-state index in [4.69, 9.17) is 0 Å². The van der Waals surface area contributed by atoms with Gasteiger partial charge in [-0.15, -0.1) is 0 Å². The van der Waals surface area contributed by atoms with Crippen LogP contribution in [0.4, 0.5) is 0 Å². The van der Waals surface area contributed by atoms with Gasteiger partial charge in [-0.3, -0.25) is 4.79 Å². The summed E-state index contributed by atoms with van der Waals surface area (Å²) in [4.78, 5) is 12.4. The molecule has 0 radical (unpaired) electrons. The number of hydrogen-bond donors (Lipinski definition) is 0. The molecule has 2 heteroatoms. The van der Waals surface area contributed by atoms with Crippen LogP contribution >= 0.6 is 15.9 Å². The Kier molecular flexibility index (Phi) is 4.54. The van der Waals surface area contributed by atoms with Crippen LogP contribution in [0.2, 0.25) is 0 Å². The Hall–Kier alpha value is -1.15. The highest BCUT2D eigenvalue weighted by Gasteiger charge is 2.16. The third-order valence-corrected chi connectivity index (χ3v) is 3.92. The van der Waals surface area contributed by atoms with Crippen LogP contribution < -0.4 is 0 Å². The van der Waals surface area contributed by atoms with Crippen LogP contribution in [0.5, 0.6) is 0 Å². The average Bonchev–Trinajstić information content (AvgIpc) is 2.41. The molecule has 0 atom stereocenters. The van der Waals surface area contributed by atoms with Crippen LogP contribution in [0.25, 0.3) is 0 Å². The Morgan fingerprint density at radius 1 is 1.11 bits per heavy atom. The van der Waals surface area contributed by atoms with Crippen molar-refractivity contribution in [3.8, 4) is 0 Å². The van der Waals surface area contributed by atoms with Crippen molar-refractivity contribution in [3.63, 3.8) is 0 Å². The van der Waals surface area contributed by atoms with Crippen LogP contribution in [0.15, 0.2) is 52.5 Å². The zero-order chi connectivity index (χ0) is 13.0. The van der Waals surface area contributed by atoms with Crippen LogP contribution in [-0.2, 0) is 0 Å². The molecule has 0 aromatic heterocycles. The molecule has 0 unspecified atom stereocenters. The lowest BCUT2D eigenvalue weighted by molar-refractivity contribution is 0.103. The molecule has 0 heterocycles. The maximum atomic E-state index is 12.4. The Morgan fingerprint density at radius 3 is 2.28 bits per heavy atom. The lowest BCUT2D eigenvalue weighted by atomic mass is 9.88. The molecule has 1 aromatic carbocycles. The quantitative estimate of drug-likeness (QED) is 0.562. The fourth-order valence-electron chi connectivity index (χ4n) is 2.40. The Labute approximate surface area is 117 Å². The van der Waals surface area contributed by atoms with E-state index < -0.39 is 0 Å². The SMILES string of the molecule is C=CC(C(=O)c1ccc(Br)cc1)=C1CCCCC1. The van der Waals surface area contributed by atoms with E-state index in [1.807, 2.05) is 24.3 Å². The maximum Gasteiger partial charge on any atom is 0.192 e. The summed E-state index contributed by atoms with van der Waals surface area (Å²) in [5.41, 5.74) is 2.84. The summed E-state index contributed by atoms with van der Waals surface area (Å²) in [6, 6.07) is 7.53. The second-order valence-electron chi connectivity index (χ2n) is 4.62. The molecule has 0 bridgehead atoms. The number of hydrogen-bond acceptors (Lipinski definition) is 1. The van der Waals surface area contributed by atoms with Gasteiger partial charge in [0.05, 0.1) is 0 Å². The van der Waals surface area contributed by atoms with Gasteiger partial charge in [0, 0.05) is 15.6 Å². The van der Waals surface area contributed by atoms with Crippen molar-refractivity contribution < 1.29 is 4.79 Å². The molecule has 94 valence electrons. The predicted molar refractivity (Wildman–Crippen MR) is 78.8 cm³/mol. The van der Waals surface area contributed by atoms with Gasteiger partial charge in [0.2, 0.25) is 0 Å². The normalized spacial score (nSPS) is 15.3. The first-order valence-electron chi connectivity index (χ1n) is 6.37. The van der Waals surface area contributed by atoms with Gasteiger partial charge < -0.3 is 0 Å². The van der Waals surface area contributed by atoms with Crippen molar-refractivity contribution in [2.45, 2.75) is 32.1 Å². The summed E-state index contributed by atoms with van der Waals surface area (Å²) in [7, 11) is 0. The third kappa shape index (κ3) is 2.99. The van der Waals surface area contributed by atoms with Crippen LogP contribution in [0.1, 0.15) is 42.5 Å². The monoisotopic (exact) mass is 304 g/mol. The lowest BCUT2D eigenvalue weighted by Crippen LogP contribution is -2.07. The Bertz CT molecular complexity index is 474. The van der Waals surface area contributed by atoms with Crippen molar-refractivity contribution in [1.29, 1.82) is 0 Å². The molecular formula is C16H17BrO. The minimum atomic E-state index is 0.106. The molecule has 1 nitrogen and oxygen atoms in total. The molecule has 0 amide bonds. The fraction of sp³-hybridized carbons (Fsp3) is 0.312. The first-order chi connectivity index (χ1) is 8.72. The standard InChI is InChI=1S/C16H17BrO/c1-2-15(12-6-4-3-5-7-12)16(18)13-8-10-14(17)11-9-13/h2,8-11H,1,3-7H2. The van der Waals surface area contributed by atoms with Crippen LogP contribution in [0.3, 0.4) is 0 Å². The number of allylic oxidation sites excluding steroid dienone is 3. The minimum Gasteiger partial charge on any atom is -0.289 e. The molecule has 0 spiro atoms. The first-order valence-corrected chi connectivity index (χ1v) is 7.16. The highest BCUT2D eigenvalue weighted by molar-refractivity contribution is 9.10. The van der Waals surface area contributed by atoms with E-state index in [-0.39, 0.29) is 5.78 Å². The largest absolute Gasteiger partial charge is 0.289 e. The van der Waals surface area contributed by atoms with Gasteiger partial charge in [0.25, 0.3) is 0 Å². The zero-order valence-corrected chi connectivity index (χ0v) is 12.0. The van der Waals surface area contributed by atoms with Crippen molar-refractivity contribution in [1.82, 2.24) is 0 Å². The van der Waals surface area contributed by atoms with E-state index in [2.05, 4.69) is 22.5 Å². The van der Waals surface area contributed by atoms with E-state index in [9.17, 15) is 4.79 Å². The molecule has 0 saturated heterocycles. The van der Waals surface area contributed by atoms with E-state index in [0.717, 1.165) is 28.5 Å². The molecule has 1 aliphatic carbocycles. The number of Topliss-reactive ketones (excluding diaryl/α,β-unsaturated/α-hetero) is 1. The fourth-order valence-corrected chi connectivity index (χ4v) is 2.67. The molecule has 1 saturated carbocycles. The maximum absolute atomic E-state index is 12.4. The number of halogens is 1. The van der Waals surface area contributed by atoms with Crippen molar-refractivity contribution in [2.24, 2.45) is 0 Å². The van der Waals surface area contributed by atoms with Crippen molar-refractivity contribution in [2.75, 3.05) is 0 Å². The summed E-state index contributed by atoms with van der Waals surface area (Å²) >= 11 is 3.38. The second-order valence-corrected chi connectivity index (χ2v) is 5.53. The lowest BCUT2D eigenvalue weighted by Gasteiger charge is -2.16. The van der Waals surface area contributed by atoms with Gasteiger partial charge in [0.1, 0.15) is 0 Å². The van der Waals surface area contributed by atoms with Gasteiger partial charge in [-0.2, -0.15) is 0 Å². The van der Waals surface area contributed by atoms with E-state index >= 15 is 0 Å². The zero-order valence-electron chi connectivity index (χ0n) is 10.4. The summed E-state index contributed by atoms with van der Waals surface area (Å²) in [6.45, 7) is 3.81. The van der Waals surface area contributed by atoms with Gasteiger partial charge in [-0.25, -0.2) is 0 Å². The molecule has 1 aliphatic rings. The van der Waals surface area contributed by atoms with Gasteiger partial charge in [-0.05, 0) is 49.9 Å². The average molecular weight is 305 g/mol. The molecule has 0 N–H and O–H groups in total. The predicted octanol–water partition coefficient (Wildman–Crippen LogP) is 5.08. The van der Waals surface area contributed by atoms with Crippen LogP contribution in [0, 0.1) is 0 Å². The van der Waals surface area contributed by atoms with Gasteiger partial charge in [0.15, 0.2) is 5.78 Å². The summed E-state index contributed by atoms with van der Waals surface area (Å²) in [5, 5.41) is 0. The topological polar surface area (TPSA) is 17.1 Å². The number of carbonyl (C=O) groups excluding carboxylic acids is 1. The number of benzene rings is 1. The number of rotatable bonds is 3. The van der Waals surface area contributed by atoms with E-state index in [0.29, 0.717) is 0 Å². The minimum absolute atomic E-state index is 0.106. The summed E-state index contributed by atoms with van der Waals surface area (Å²) in [5.74, 6) is 0.106. The summed E-state index contributed by atoms with van der Waals surface area (Å²) < 4.78 is 0.990. The Morgan fingerprint density at radius 2 is 1.72 bits per heavy atom. The van der Waals surface area contributed by atoms with Gasteiger partial charge in [-0.1, -0.05) is 40.6 Å². The molecule has 18 heavy (non-hydrogen) atoms. The van der Waals surface area contributed by atoms with Crippen molar-refractivity contribution >= 4 is 21.7 Å². The van der Waals surface area contributed by atoms with Gasteiger partial charge >= 0.3 is 0 Å². The highest BCUT2D eigenvalue weighted by Crippen LogP contribution is 2.28. The Balaban J connectivity index is 2.30. The molecule has 0 aliphatic heterocycles. The molecule has 2 rings (SSSR count). The second kappa shape index (κ2) is 6.14. The smallest absolute Gasteiger partial charge is 0.192 e. The first kappa shape index (κ1) is 13.3. The molecular weight excluding hydrogens is 288 g/mol. The number of carbonyl (C=O) groups is 1. The summed E-state index contributed by atoms with van der Waals surface area (Å²) in [6.07, 6.45) is 7.49. The van der Waals surface area contributed by atoms with Crippen LogP contribution in [-0.4, -0.2) is 5.78 Å². The van der Waals surface area contributed by atoms with E-state index in [1.165, 1.54) is 24.8 Å². The van der Waals surface area contributed by atoms with Crippen molar-refractivity contribution in [3.05, 3.63) is 58.1 Å². The number of ketones is 1.